The molecule has 29 heavy (non-hydrogen) atoms. The number of rotatable bonds is 5. The highest BCUT2D eigenvalue weighted by Gasteiger charge is 2.17. The first-order valence-electron chi connectivity index (χ1n) is 8.69. The van der Waals surface area contributed by atoms with E-state index in [9.17, 15) is 13.6 Å². The normalized spacial score (nSPS) is 11.2. The topological polar surface area (TPSA) is 89.0 Å². The predicted octanol–water partition coefficient (Wildman–Crippen LogP) is 5.36. The molecule has 0 saturated heterocycles. The lowest BCUT2D eigenvalue weighted by molar-refractivity contribution is -0.0527. The highest BCUT2D eigenvalue weighted by molar-refractivity contribution is 6.32. The number of carbonyl (C=O) groups is 1. The number of ether oxygens (including phenoxy) is 1. The van der Waals surface area contributed by atoms with Gasteiger partial charge < -0.3 is 15.4 Å². The SMILES string of the molecule is Cc1ccc2ncc(NC(=O)Nc3cnc(OC(F)F)c(Cl)c3)c(C(C)C)c2n1. The van der Waals surface area contributed by atoms with Gasteiger partial charge in [0.25, 0.3) is 0 Å². The second-order valence-electron chi connectivity index (χ2n) is 6.53. The van der Waals surface area contributed by atoms with Gasteiger partial charge in [0.05, 0.1) is 34.8 Å². The van der Waals surface area contributed by atoms with Crippen molar-refractivity contribution in [1.82, 2.24) is 15.0 Å². The van der Waals surface area contributed by atoms with Crippen LogP contribution in [-0.2, 0) is 0 Å². The number of hydrogen-bond donors (Lipinski definition) is 2. The molecule has 0 saturated carbocycles. The summed E-state index contributed by atoms with van der Waals surface area (Å²) in [5.41, 5.74) is 3.87. The van der Waals surface area contributed by atoms with Gasteiger partial charge in [0.2, 0.25) is 5.88 Å². The van der Waals surface area contributed by atoms with E-state index >= 15 is 0 Å². The molecule has 3 aromatic rings. The molecule has 152 valence electrons. The number of amides is 2. The second kappa shape index (κ2) is 8.52. The monoisotopic (exact) mass is 421 g/mol. The van der Waals surface area contributed by atoms with Crippen LogP contribution in [0.2, 0.25) is 5.02 Å². The first kappa shape index (κ1) is 20.7. The lowest BCUT2D eigenvalue weighted by atomic mass is 10.00. The van der Waals surface area contributed by atoms with Crippen molar-refractivity contribution in [2.45, 2.75) is 33.3 Å². The number of fused-ring (bicyclic) bond motifs is 1. The maximum atomic E-state index is 12.4. The number of aryl methyl sites for hydroxylation is 1. The van der Waals surface area contributed by atoms with Gasteiger partial charge in [-0.15, -0.1) is 0 Å². The van der Waals surface area contributed by atoms with E-state index in [1.807, 2.05) is 32.9 Å². The molecule has 7 nitrogen and oxygen atoms in total. The number of pyridine rings is 3. The van der Waals surface area contributed by atoms with Crippen molar-refractivity contribution < 1.29 is 18.3 Å². The van der Waals surface area contributed by atoms with Crippen LogP contribution in [0.1, 0.15) is 31.0 Å². The largest absolute Gasteiger partial charge is 0.415 e. The molecule has 0 spiro atoms. The third-order valence-electron chi connectivity index (χ3n) is 3.98. The van der Waals surface area contributed by atoms with Gasteiger partial charge in [-0.2, -0.15) is 8.78 Å². The fourth-order valence-electron chi connectivity index (χ4n) is 2.82. The van der Waals surface area contributed by atoms with E-state index in [0.29, 0.717) is 5.69 Å². The molecule has 0 aliphatic rings. The standard InChI is InChI=1S/C19H18ClF2N5O2/c1-9(2)15-14(8-23-13-5-4-10(3)25-16(13)15)27-19(28)26-11-6-12(20)17(24-7-11)29-18(21)22/h4-9,18H,1-3H3,(H2,26,27,28). The Kier molecular flexibility index (Phi) is 6.07. The second-order valence-corrected chi connectivity index (χ2v) is 6.94. The van der Waals surface area contributed by atoms with Crippen LogP contribution in [0.4, 0.5) is 25.0 Å². The summed E-state index contributed by atoms with van der Waals surface area (Å²) in [5, 5.41) is 5.14. The Morgan fingerprint density at radius 3 is 2.59 bits per heavy atom. The third kappa shape index (κ3) is 4.86. The fourth-order valence-corrected chi connectivity index (χ4v) is 3.03. The lowest BCUT2D eigenvalue weighted by Crippen LogP contribution is -2.21. The molecule has 0 fully saturated rings. The Morgan fingerprint density at radius 1 is 1.17 bits per heavy atom. The Labute approximate surface area is 170 Å². The summed E-state index contributed by atoms with van der Waals surface area (Å²) in [6.07, 6.45) is 2.73. The number of aromatic nitrogens is 3. The van der Waals surface area contributed by atoms with Gasteiger partial charge in [-0.05, 0) is 31.0 Å². The van der Waals surface area contributed by atoms with Gasteiger partial charge in [0, 0.05) is 11.3 Å². The number of urea groups is 1. The van der Waals surface area contributed by atoms with Crippen molar-refractivity contribution in [3.63, 3.8) is 0 Å². The Bertz CT molecular complexity index is 1060. The summed E-state index contributed by atoms with van der Waals surface area (Å²) in [6.45, 7) is 2.82. The van der Waals surface area contributed by atoms with Crippen molar-refractivity contribution in [2.24, 2.45) is 0 Å². The molecule has 2 amide bonds. The highest BCUT2D eigenvalue weighted by Crippen LogP contribution is 2.30. The fraction of sp³-hybridized carbons (Fsp3) is 0.263. The highest BCUT2D eigenvalue weighted by atomic mass is 35.5. The summed E-state index contributed by atoms with van der Waals surface area (Å²) in [7, 11) is 0. The van der Waals surface area contributed by atoms with Gasteiger partial charge >= 0.3 is 12.6 Å². The van der Waals surface area contributed by atoms with E-state index in [4.69, 9.17) is 11.6 Å². The Balaban J connectivity index is 1.83. The smallest absolute Gasteiger partial charge is 0.388 e. The molecule has 3 rings (SSSR count). The van der Waals surface area contributed by atoms with Crippen molar-refractivity contribution in [3.05, 3.63) is 46.9 Å². The molecule has 0 unspecified atom stereocenters. The number of hydrogen-bond acceptors (Lipinski definition) is 5. The summed E-state index contributed by atoms with van der Waals surface area (Å²) >= 11 is 5.85. The number of nitrogens with one attached hydrogen (secondary N) is 2. The molecule has 3 heterocycles. The molecule has 0 radical (unpaired) electrons. The third-order valence-corrected chi connectivity index (χ3v) is 4.25. The first-order chi connectivity index (χ1) is 13.7. The number of nitrogens with zero attached hydrogens (tertiary/aromatic N) is 3. The predicted molar refractivity (Wildman–Crippen MR) is 107 cm³/mol. The first-order valence-corrected chi connectivity index (χ1v) is 9.07. The number of halogens is 3. The van der Waals surface area contributed by atoms with E-state index in [1.54, 1.807) is 6.20 Å². The summed E-state index contributed by atoms with van der Waals surface area (Å²) < 4.78 is 28.7. The van der Waals surface area contributed by atoms with Crippen LogP contribution in [-0.4, -0.2) is 27.6 Å². The molecular weight excluding hydrogens is 404 g/mol. The van der Waals surface area contributed by atoms with Crippen molar-refractivity contribution in [3.8, 4) is 5.88 Å². The number of carbonyl (C=O) groups excluding carboxylic acids is 1. The van der Waals surface area contributed by atoms with E-state index in [2.05, 4.69) is 30.3 Å². The zero-order chi connectivity index (χ0) is 21.1. The minimum atomic E-state index is -3.05. The average Bonchev–Trinajstić information content (AvgIpc) is 2.63. The molecule has 10 heteroatoms. The average molecular weight is 422 g/mol. The maximum absolute atomic E-state index is 12.4. The van der Waals surface area contributed by atoms with E-state index in [1.165, 1.54) is 6.07 Å². The van der Waals surface area contributed by atoms with Crippen LogP contribution in [0.5, 0.6) is 5.88 Å². The number of alkyl halides is 2. The van der Waals surface area contributed by atoms with Gasteiger partial charge in [-0.3, -0.25) is 9.97 Å². The van der Waals surface area contributed by atoms with E-state index in [0.717, 1.165) is 28.5 Å². The zero-order valence-corrected chi connectivity index (χ0v) is 16.6. The molecule has 3 aromatic heterocycles. The van der Waals surface area contributed by atoms with Crippen LogP contribution in [0.15, 0.2) is 30.6 Å². The minimum Gasteiger partial charge on any atom is -0.415 e. The van der Waals surface area contributed by atoms with Crippen LogP contribution in [0.25, 0.3) is 11.0 Å². The van der Waals surface area contributed by atoms with E-state index in [-0.39, 0.29) is 16.6 Å². The summed E-state index contributed by atoms with van der Waals surface area (Å²) in [6, 6.07) is 4.45. The quantitative estimate of drug-likeness (QED) is 0.579. The van der Waals surface area contributed by atoms with Gasteiger partial charge in [0.15, 0.2) is 0 Å². The van der Waals surface area contributed by atoms with Crippen molar-refractivity contribution in [1.29, 1.82) is 0 Å². The Hall–Kier alpha value is -3.07. The Morgan fingerprint density at radius 2 is 1.93 bits per heavy atom. The zero-order valence-electron chi connectivity index (χ0n) is 15.8. The molecule has 2 N–H and O–H groups in total. The van der Waals surface area contributed by atoms with Crippen LogP contribution >= 0.6 is 11.6 Å². The van der Waals surface area contributed by atoms with Crippen molar-refractivity contribution in [2.75, 3.05) is 10.6 Å². The molecule has 0 aliphatic carbocycles. The molecule has 0 aliphatic heterocycles. The van der Waals surface area contributed by atoms with Gasteiger partial charge in [0.1, 0.15) is 5.02 Å². The lowest BCUT2D eigenvalue weighted by Gasteiger charge is -2.16. The summed E-state index contributed by atoms with van der Waals surface area (Å²) in [4.78, 5) is 25.0. The summed E-state index contributed by atoms with van der Waals surface area (Å²) in [5.74, 6) is -0.345. The van der Waals surface area contributed by atoms with E-state index < -0.39 is 18.5 Å². The van der Waals surface area contributed by atoms with Gasteiger partial charge in [-0.1, -0.05) is 25.4 Å². The van der Waals surface area contributed by atoms with Crippen LogP contribution in [0.3, 0.4) is 0 Å². The van der Waals surface area contributed by atoms with Crippen LogP contribution in [0, 0.1) is 6.92 Å². The van der Waals surface area contributed by atoms with Crippen molar-refractivity contribution >= 4 is 40.0 Å². The molecule has 0 bridgehead atoms. The molecule has 0 atom stereocenters. The maximum Gasteiger partial charge on any atom is 0.388 e. The minimum absolute atomic E-state index is 0.0759. The van der Waals surface area contributed by atoms with Crippen LogP contribution < -0.4 is 15.4 Å². The number of anilines is 2. The molecule has 0 aromatic carbocycles. The van der Waals surface area contributed by atoms with Gasteiger partial charge in [-0.25, -0.2) is 9.78 Å². The molecular formula is C19H18ClF2N5O2.